The third kappa shape index (κ3) is 3.25. The minimum atomic E-state index is -0.273. The monoisotopic (exact) mass is 351 g/mol. The summed E-state index contributed by atoms with van der Waals surface area (Å²) in [5.41, 5.74) is 3.45. The molecule has 1 aliphatic rings. The second-order valence-electron chi connectivity index (χ2n) is 6.83. The van der Waals surface area contributed by atoms with Crippen LogP contribution >= 0.6 is 0 Å². The van der Waals surface area contributed by atoms with Crippen molar-refractivity contribution in [3.63, 3.8) is 0 Å². The molecule has 3 aromatic rings. The van der Waals surface area contributed by atoms with Gasteiger partial charge in [-0.2, -0.15) is 10.2 Å². The molecule has 0 bridgehead atoms. The maximum absolute atomic E-state index is 12.7. The van der Waals surface area contributed by atoms with Gasteiger partial charge in [-0.25, -0.2) is 0 Å². The number of aliphatic hydroxyl groups is 1. The van der Waals surface area contributed by atoms with Gasteiger partial charge in [-0.1, -0.05) is 12.1 Å². The van der Waals surface area contributed by atoms with E-state index in [1.165, 1.54) is 0 Å². The number of H-pyrrole nitrogens is 1. The van der Waals surface area contributed by atoms with Crippen molar-refractivity contribution in [2.75, 3.05) is 0 Å². The first-order chi connectivity index (χ1) is 12.6. The average Bonchev–Trinajstić information content (AvgIpc) is 3.29. The Morgan fingerprint density at radius 2 is 2.08 bits per heavy atom. The molecule has 26 heavy (non-hydrogen) atoms. The molecule has 0 aliphatic heterocycles. The van der Waals surface area contributed by atoms with Crippen molar-refractivity contribution in [2.45, 2.75) is 25.0 Å². The van der Waals surface area contributed by atoms with Crippen molar-refractivity contribution in [3.8, 4) is 11.3 Å². The quantitative estimate of drug-likeness (QED) is 0.655. The molecular weight excluding hydrogens is 330 g/mol. The first-order valence-corrected chi connectivity index (χ1v) is 8.67. The van der Waals surface area contributed by atoms with E-state index in [1.54, 1.807) is 29.2 Å². The number of hydrogen-bond donors (Lipinski definition) is 3. The smallest absolute Gasteiger partial charge is 0.251 e. The fraction of sp³-hybridized carbons (Fsp3) is 0.316. The summed E-state index contributed by atoms with van der Waals surface area (Å²) in [6, 6.07) is 9.15. The molecule has 1 saturated carbocycles. The maximum Gasteiger partial charge on any atom is 0.251 e. The SMILES string of the molecule is Cn1cc(C(NC(=O)c2ccc(-c3ccn[nH]3)cc2)C2CC(O)C2)cn1. The number of benzene rings is 1. The van der Waals surface area contributed by atoms with E-state index in [0.717, 1.165) is 16.8 Å². The molecule has 1 aromatic carbocycles. The van der Waals surface area contributed by atoms with Crippen molar-refractivity contribution in [3.05, 3.63) is 60.0 Å². The molecular formula is C19H21N5O2. The summed E-state index contributed by atoms with van der Waals surface area (Å²) >= 11 is 0. The van der Waals surface area contributed by atoms with E-state index in [0.29, 0.717) is 18.4 Å². The van der Waals surface area contributed by atoms with Gasteiger partial charge < -0.3 is 10.4 Å². The zero-order valence-electron chi connectivity index (χ0n) is 14.5. The van der Waals surface area contributed by atoms with Crippen molar-refractivity contribution in [2.24, 2.45) is 13.0 Å². The molecule has 0 saturated heterocycles. The fourth-order valence-electron chi connectivity index (χ4n) is 3.42. The lowest BCUT2D eigenvalue weighted by molar-refractivity contribution is 0.0235. The standard InChI is InChI=1S/C19H21N5O2/c1-24-11-15(10-21-24)18(14-8-16(25)9-14)22-19(26)13-4-2-12(3-5-13)17-6-7-20-23-17/h2-7,10-11,14,16,18,25H,8-9H2,1H3,(H,20,23)(H,22,26). The molecule has 0 radical (unpaired) electrons. The number of nitrogens with zero attached hydrogens (tertiary/aromatic N) is 3. The molecule has 1 aliphatic carbocycles. The summed E-state index contributed by atoms with van der Waals surface area (Å²) in [5, 5.41) is 23.8. The van der Waals surface area contributed by atoms with Gasteiger partial charge in [0.15, 0.2) is 0 Å². The normalized spacial score (nSPS) is 20.4. The third-order valence-electron chi connectivity index (χ3n) is 4.95. The van der Waals surface area contributed by atoms with Crippen LogP contribution < -0.4 is 5.32 Å². The highest BCUT2D eigenvalue weighted by molar-refractivity contribution is 5.94. The van der Waals surface area contributed by atoms with Gasteiger partial charge in [0.2, 0.25) is 0 Å². The predicted molar refractivity (Wildman–Crippen MR) is 96.2 cm³/mol. The van der Waals surface area contributed by atoms with Gasteiger partial charge in [-0.3, -0.25) is 14.6 Å². The molecule has 1 fully saturated rings. The van der Waals surface area contributed by atoms with E-state index < -0.39 is 0 Å². The summed E-state index contributed by atoms with van der Waals surface area (Å²) in [4.78, 5) is 12.7. The molecule has 0 spiro atoms. The molecule has 2 aromatic heterocycles. The van der Waals surface area contributed by atoms with Crippen LogP contribution in [0.3, 0.4) is 0 Å². The number of carbonyl (C=O) groups excluding carboxylic acids is 1. The largest absolute Gasteiger partial charge is 0.393 e. The lowest BCUT2D eigenvalue weighted by atomic mass is 9.75. The van der Waals surface area contributed by atoms with E-state index in [4.69, 9.17) is 0 Å². The molecule has 1 amide bonds. The molecule has 134 valence electrons. The van der Waals surface area contributed by atoms with Crippen LogP contribution in [0.1, 0.15) is 34.8 Å². The fourth-order valence-corrected chi connectivity index (χ4v) is 3.42. The van der Waals surface area contributed by atoms with E-state index in [9.17, 15) is 9.90 Å². The Bertz CT molecular complexity index is 879. The number of aromatic amines is 1. The lowest BCUT2D eigenvalue weighted by Gasteiger charge is -2.37. The van der Waals surface area contributed by atoms with Crippen molar-refractivity contribution < 1.29 is 9.90 Å². The van der Waals surface area contributed by atoms with E-state index in [1.807, 2.05) is 31.4 Å². The van der Waals surface area contributed by atoms with Gasteiger partial charge in [0.1, 0.15) is 0 Å². The molecule has 7 heteroatoms. The average molecular weight is 351 g/mol. The Balaban J connectivity index is 1.51. The summed E-state index contributed by atoms with van der Waals surface area (Å²) in [5.74, 6) is 0.0961. The van der Waals surface area contributed by atoms with Gasteiger partial charge in [0, 0.05) is 30.6 Å². The summed E-state index contributed by atoms with van der Waals surface area (Å²) < 4.78 is 1.72. The van der Waals surface area contributed by atoms with E-state index >= 15 is 0 Å². The summed E-state index contributed by atoms with van der Waals surface area (Å²) in [6.45, 7) is 0. The molecule has 7 nitrogen and oxygen atoms in total. The Morgan fingerprint density at radius 1 is 1.31 bits per heavy atom. The van der Waals surface area contributed by atoms with Gasteiger partial charge in [0.25, 0.3) is 5.91 Å². The molecule has 3 N–H and O–H groups in total. The zero-order chi connectivity index (χ0) is 18.1. The number of aryl methyl sites for hydroxylation is 1. The highest BCUT2D eigenvalue weighted by Crippen LogP contribution is 2.38. The topological polar surface area (TPSA) is 95.8 Å². The minimum Gasteiger partial charge on any atom is -0.393 e. The van der Waals surface area contributed by atoms with Crippen molar-refractivity contribution in [1.82, 2.24) is 25.3 Å². The van der Waals surface area contributed by atoms with Gasteiger partial charge in [-0.05, 0) is 42.5 Å². The third-order valence-corrected chi connectivity index (χ3v) is 4.95. The van der Waals surface area contributed by atoms with Crippen LogP contribution in [0, 0.1) is 5.92 Å². The van der Waals surface area contributed by atoms with Gasteiger partial charge >= 0.3 is 0 Å². The first kappa shape index (κ1) is 16.5. The molecule has 1 unspecified atom stereocenters. The van der Waals surface area contributed by atoms with Crippen LogP contribution in [0.2, 0.25) is 0 Å². The minimum absolute atomic E-state index is 0.128. The molecule has 4 rings (SSSR count). The van der Waals surface area contributed by atoms with Crippen LogP contribution in [0.4, 0.5) is 0 Å². The number of carbonyl (C=O) groups is 1. The highest BCUT2D eigenvalue weighted by atomic mass is 16.3. The Morgan fingerprint density at radius 3 is 2.65 bits per heavy atom. The van der Waals surface area contributed by atoms with Crippen molar-refractivity contribution >= 4 is 5.91 Å². The number of nitrogens with one attached hydrogen (secondary N) is 2. The van der Waals surface area contributed by atoms with E-state index in [-0.39, 0.29) is 24.0 Å². The van der Waals surface area contributed by atoms with Crippen LogP contribution in [0.15, 0.2) is 48.9 Å². The van der Waals surface area contributed by atoms with Crippen LogP contribution in [-0.2, 0) is 7.05 Å². The maximum atomic E-state index is 12.7. The lowest BCUT2D eigenvalue weighted by Crippen LogP contribution is -2.41. The Hall–Kier alpha value is -2.93. The van der Waals surface area contributed by atoms with Crippen molar-refractivity contribution in [1.29, 1.82) is 0 Å². The summed E-state index contributed by atoms with van der Waals surface area (Å²) in [6.07, 6.45) is 6.50. The number of amides is 1. The highest BCUT2D eigenvalue weighted by Gasteiger charge is 2.36. The van der Waals surface area contributed by atoms with E-state index in [2.05, 4.69) is 20.6 Å². The predicted octanol–water partition coefficient (Wildman–Crippen LogP) is 2.05. The second-order valence-corrected chi connectivity index (χ2v) is 6.83. The van der Waals surface area contributed by atoms with Gasteiger partial charge in [-0.15, -0.1) is 0 Å². The zero-order valence-corrected chi connectivity index (χ0v) is 14.5. The number of aromatic nitrogens is 4. The second kappa shape index (κ2) is 6.76. The number of hydrogen-bond acceptors (Lipinski definition) is 4. The number of aliphatic hydroxyl groups excluding tert-OH is 1. The molecule has 2 heterocycles. The van der Waals surface area contributed by atoms with Crippen LogP contribution in [0.25, 0.3) is 11.3 Å². The summed E-state index contributed by atoms with van der Waals surface area (Å²) in [7, 11) is 1.85. The first-order valence-electron chi connectivity index (χ1n) is 8.67. The van der Waals surface area contributed by atoms with Crippen LogP contribution in [0.5, 0.6) is 0 Å². The number of rotatable bonds is 5. The van der Waals surface area contributed by atoms with Crippen LogP contribution in [-0.4, -0.2) is 37.1 Å². The Labute approximate surface area is 151 Å². The van der Waals surface area contributed by atoms with Gasteiger partial charge in [0.05, 0.1) is 24.0 Å². The Kier molecular flexibility index (Phi) is 4.30. The molecule has 1 atom stereocenters.